The molecular formula is Cl4N4NaO4Tc4. The number of rotatable bonds is 0. The molecule has 0 aliphatic rings. The first kappa shape index (κ1) is 31.9. The fourth-order valence-corrected chi connectivity index (χ4v) is 0. The molecule has 101 valence electrons. The zero-order chi connectivity index (χ0) is 14.3. The van der Waals surface area contributed by atoms with Gasteiger partial charge < -0.3 is 0 Å². The minimum Gasteiger partial charge on any atom is 0 e. The van der Waals surface area contributed by atoms with Crippen molar-refractivity contribution in [3.63, 3.8) is 0 Å². The second-order valence-corrected chi connectivity index (χ2v) is 10.3. The van der Waals surface area contributed by atoms with E-state index in [0.29, 0.717) is 0 Å². The predicted molar refractivity (Wildman–Crippen MR) is 38.8 cm³/mol. The average Bonchev–Trinajstić information content (AvgIpc) is 1.76. The van der Waals surface area contributed by atoms with Crippen LogP contribution in [-0.2, 0) is 74.3 Å². The summed E-state index contributed by atoms with van der Waals surface area (Å²) in [6.07, 6.45) is 0. The van der Waals surface area contributed by atoms with Crippen LogP contribution < -0.4 is 0 Å². The van der Waals surface area contributed by atoms with E-state index < -0.39 is 60.3 Å². The molecule has 8 nitrogen and oxygen atoms in total. The summed E-state index contributed by atoms with van der Waals surface area (Å²) >= 11 is -12.2. The van der Waals surface area contributed by atoms with E-state index in [1.165, 1.54) is 0 Å². The van der Waals surface area contributed by atoms with E-state index >= 15 is 0 Å². The zero-order valence-electron chi connectivity index (χ0n) is 7.45. The van der Waals surface area contributed by atoms with Crippen LogP contribution in [0, 0.1) is 15.4 Å². The molecule has 0 heterocycles. The van der Waals surface area contributed by atoms with Crippen LogP contribution in [0.5, 0.6) is 0 Å². The molecule has 17 heavy (non-hydrogen) atoms. The first-order valence-corrected chi connectivity index (χ1v) is 17.8. The van der Waals surface area contributed by atoms with Crippen LogP contribution in [0.4, 0.5) is 0 Å². The molecule has 0 atom stereocenters. The van der Waals surface area contributed by atoms with E-state index in [0.717, 1.165) is 0 Å². The van der Waals surface area contributed by atoms with Crippen LogP contribution >= 0.6 is 38.3 Å². The van der Waals surface area contributed by atoms with Gasteiger partial charge in [-0.25, -0.2) is 0 Å². The fourth-order valence-electron chi connectivity index (χ4n) is 0. The van der Waals surface area contributed by atoms with Gasteiger partial charge in [-0.3, -0.25) is 0 Å². The van der Waals surface area contributed by atoms with E-state index in [9.17, 15) is 0 Å². The molecule has 1 radical (unpaired) electrons. The van der Waals surface area contributed by atoms with Crippen LogP contribution in [0.2, 0.25) is 0 Å². The summed E-state index contributed by atoms with van der Waals surface area (Å²) in [5.41, 5.74) is 0. The normalized spacial score (nSPS) is 5.65. The van der Waals surface area contributed by atoms with E-state index in [-0.39, 0.29) is 29.6 Å². The summed E-state index contributed by atoms with van der Waals surface area (Å²) in [6.45, 7) is 0. The second kappa shape index (κ2) is 27.2. The molecule has 0 aromatic carbocycles. The SMILES string of the molecule is [N]#[Tc](=[O])[Cl].[N]#[Tc](=[O])[Cl].[N]#[Tc](=[O])[Cl].[N]#[Tc](=[O])[Cl].[Na]. The molecular weight excluding hydrogens is 677 g/mol. The van der Waals surface area contributed by atoms with Crippen molar-refractivity contribution in [3.8, 4) is 0 Å². The average molecular weight is 677 g/mol. The summed E-state index contributed by atoms with van der Waals surface area (Å²) in [6, 6.07) is 0. The van der Waals surface area contributed by atoms with Crippen molar-refractivity contribution in [2.24, 2.45) is 0 Å². The molecule has 17 heteroatoms. The van der Waals surface area contributed by atoms with Crippen molar-refractivity contribution in [2.45, 2.75) is 0 Å². The summed E-state index contributed by atoms with van der Waals surface area (Å²) in [7, 11) is 17.7. The Kier molecular flexibility index (Phi) is 51.1. The summed E-state index contributed by atoms with van der Waals surface area (Å²) in [5.74, 6) is 0. The first-order chi connectivity index (χ1) is 6.93. The van der Waals surface area contributed by atoms with E-state index in [1.807, 2.05) is 0 Å². The molecule has 0 unspecified atom stereocenters. The monoisotopic (exact) mass is 670 g/mol. The Hall–Kier alpha value is 2.80. The largest absolute Gasteiger partial charge is 0 e. The Morgan fingerprint density at radius 1 is 0.529 bits per heavy atom. The molecule has 0 rings (SSSR count). The van der Waals surface area contributed by atoms with Crippen molar-refractivity contribution in [1.29, 1.82) is 15.4 Å². The first-order valence-electron chi connectivity index (χ1n) is 1.86. The standard InChI is InChI=1S/4ClH.4N.Na.4O.4Tc/h4*1H;;;;;;;;;;;;;/q;;;;;;;;;;;;;4*+1/p-4. The Labute approximate surface area is 154 Å². The predicted octanol–water partition coefficient (Wildman–Crippen LogP) is 1.95. The number of halogens is 4. The van der Waals surface area contributed by atoms with Gasteiger partial charge in [0, 0.05) is 29.6 Å². The third kappa shape index (κ3) is 678. The molecule has 0 aromatic rings. The molecule has 0 aliphatic carbocycles. The Morgan fingerprint density at radius 2 is 0.529 bits per heavy atom. The van der Waals surface area contributed by atoms with Gasteiger partial charge in [0.05, 0.1) is 0 Å². The van der Waals surface area contributed by atoms with Gasteiger partial charge in [0.2, 0.25) is 0 Å². The van der Waals surface area contributed by atoms with Crippen LogP contribution in [0.25, 0.3) is 0 Å². The van der Waals surface area contributed by atoms with E-state index in [1.54, 1.807) is 0 Å². The fraction of sp³-hybridized carbons (Fsp3) is 0. The van der Waals surface area contributed by atoms with Crippen LogP contribution in [0.3, 0.4) is 0 Å². The summed E-state index contributed by atoms with van der Waals surface area (Å²) in [5, 5.41) is 0. The van der Waals surface area contributed by atoms with Gasteiger partial charge in [0.15, 0.2) is 0 Å². The summed E-state index contributed by atoms with van der Waals surface area (Å²) < 4.78 is 65.7. The van der Waals surface area contributed by atoms with Gasteiger partial charge >= 0.3 is 128 Å². The van der Waals surface area contributed by atoms with Gasteiger partial charge in [-0.2, -0.15) is 0 Å². The van der Waals surface area contributed by atoms with Crippen molar-refractivity contribution in [1.82, 2.24) is 0 Å². The van der Waals surface area contributed by atoms with Crippen molar-refractivity contribution in [3.05, 3.63) is 0 Å². The molecule has 0 bridgehead atoms. The van der Waals surface area contributed by atoms with Gasteiger partial charge in [-0.05, 0) is 0 Å². The molecule has 0 aliphatic heterocycles. The number of nitrogens with zero attached hydrogens (tertiary/aromatic N) is 4. The van der Waals surface area contributed by atoms with E-state index in [2.05, 4.69) is 38.3 Å². The quantitative estimate of drug-likeness (QED) is 0.352. The third-order valence-electron chi connectivity index (χ3n) is 0. The maximum absolute atomic E-state index is 9.01. The Balaban J connectivity index is -0.0000000369. The number of hydrogen-bond acceptors (Lipinski definition) is 8. The maximum Gasteiger partial charge on any atom is 0 e. The van der Waals surface area contributed by atoms with Crippen LogP contribution in [0.15, 0.2) is 0 Å². The molecule has 0 saturated carbocycles. The van der Waals surface area contributed by atoms with Crippen LogP contribution in [-0.4, -0.2) is 29.6 Å². The molecule has 0 saturated heterocycles. The molecule has 0 amide bonds. The minimum absolute atomic E-state index is 0. The Bertz CT molecular complexity index is 518. The molecule has 0 aromatic heterocycles. The van der Waals surface area contributed by atoms with E-state index in [4.69, 9.17) is 29.4 Å². The molecule has 0 fully saturated rings. The van der Waals surface area contributed by atoms with Crippen molar-refractivity contribution < 1.29 is 74.3 Å². The van der Waals surface area contributed by atoms with Gasteiger partial charge in [-0.15, -0.1) is 0 Å². The third-order valence-corrected chi connectivity index (χ3v) is 0. The zero-order valence-corrected chi connectivity index (χ0v) is 19.9. The topological polar surface area (TPSA) is 163 Å². The molecule has 0 spiro atoms. The van der Waals surface area contributed by atoms with Gasteiger partial charge in [-0.1, -0.05) is 0 Å². The summed E-state index contributed by atoms with van der Waals surface area (Å²) in [4.78, 5) is 0. The van der Waals surface area contributed by atoms with Crippen molar-refractivity contribution in [2.75, 3.05) is 0 Å². The number of hydrogen-bond donors (Lipinski definition) is 0. The smallest absolute Gasteiger partial charge is 0 e. The molecule has 0 N–H and O–H groups in total. The minimum atomic E-state index is -3.04. The second-order valence-electron chi connectivity index (χ2n) is 0.765. The van der Waals surface area contributed by atoms with Gasteiger partial charge in [0.1, 0.15) is 0 Å². The van der Waals surface area contributed by atoms with Gasteiger partial charge in [0.25, 0.3) is 0 Å². The Morgan fingerprint density at radius 3 is 0.529 bits per heavy atom. The maximum atomic E-state index is 9.01. The van der Waals surface area contributed by atoms with Crippen molar-refractivity contribution >= 4 is 67.9 Å². The van der Waals surface area contributed by atoms with Crippen LogP contribution in [0.1, 0.15) is 0 Å².